The Morgan fingerprint density at radius 3 is 2.92 bits per heavy atom. The van der Waals surface area contributed by atoms with Crippen LogP contribution in [0.4, 0.5) is 5.69 Å². The molecule has 2 aromatic carbocycles. The van der Waals surface area contributed by atoms with Crippen molar-refractivity contribution in [3.8, 4) is 16.9 Å². The number of hydrogen-bond donors (Lipinski definition) is 1. The summed E-state index contributed by atoms with van der Waals surface area (Å²) < 4.78 is 5.65. The zero-order valence-corrected chi connectivity index (χ0v) is 14.6. The van der Waals surface area contributed by atoms with Crippen LogP contribution >= 0.6 is 0 Å². The minimum Gasteiger partial charge on any atom is -0.494 e. The van der Waals surface area contributed by atoms with E-state index in [0.717, 1.165) is 25.4 Å². The molecule has 1 N–H and O–H groups in total. The van der Waals surface area contributed by atoms with Gasteiger partial charge in [-0.2, -0.15) is 0 Å². The molecular formula is C21H26N2O. The minimum atomic E-state index is 0.652. The SMILES string of the molecule is CCOc1ccc(-c2cccc3c2N2CCNCCC2C3)c(C)c1. The van der Waals surface area contributed by atoms with Crippen molar-refractivity contribution in [1.29, 1.82) is 0 Å². The zero-order valence-electron chi connectivity index (χ0n) is 14.6. The van der Waals surface area contributed by atoms with Crippen LogP contribution in [0.5, 0.6) is 5.75 Å². The quantitative estimate of drug-likeness (QED) is 0.930. The van der Waals surface area contributed by atoms with Crippen LogP contribution in [0, 0.1) is 6.92 Å². The third-order valence-electron chi connectivity index (χ3n) is 5.29. The van der Waals surface area contributed by atoms with Gasteiger partial charge in [-0.3, -0.25) is 0 Å². The molecule has 0 bridgehead atoms. The van der Waals surface area contributed by atoms with E-state index in [-0.39, 0.29) is 0 Å². The molecule has 1 fully saturated rings. The zero-order chi connectivity index (χ0) is 16.5. The second kappa shape index (κ2) is 6.48. The summed E-state index contributed by atoms with van der Waals surface area (Å²) in [6.45, 7) is 8.24. The number of fused-ring (bicyclic) bond motifs is 3. The predicted octanol–water partition coefficient (Wildman–Crippen LogP) is 3.79. The summed E-state index contributed by atoms with van der Waals surface area (Å²) in [6, 6.07) is 13.9. The molecule has 126 valence electrons. The van der Waals surface area contributed by atoms with Crippen LogP contribution in [-0.2, 0) is 6.42 Å². The van der Waals surface area contributed by atoms with Gasteiger partial charge in [0.1, 0.15) is 5.75 Å². The van der Waals surface area contributed by atoms with Crippen molar-refractivity contribution < 1.29 is 4.74 Å². The highest BCUT2D eigenvalue weighted by molar-refractivity contribution is 5.85. The molecule has 0 aliphatic carbocycles. The standard InChI is InChI=1S/C21H26N2O/c1-3-24-18-7-8-19(15(2)13-18)20-6-4-5-16-14-17-9-10-22-11-12-23(17)21(16)20/h4-8,13,17,22H,3,9-12,14H2,1-2H3. The smallest absolute Gasteiger partial charge is 0.119 e. The molecule has 1 atom stereocenters. The maximum absolute atomic E-state index is 5.65. The number of rotatable bonds is 3. The minimum absolute atomic E-state index is 0.652. The first-order chi connectivity index (χ1) is 11.8. The first kappa shape index (κ1) is 15.5. The summed E-state index contributed by atoms with van der Waals surface area (Å²) in [7, 11) is 0. The number of nitrogens with one attached hydrogen (secondary N) is 1. The summed E-state index contributed by atoms with van der Waals surface area (Å²) in [5.41, 5.74) is 6.95. The van der Waals surface area contributed by atoms with E-state index in [4.69, 9.17) is 4.74 Å². The van der Waals surface area contributed by atoms with Gasteiger partial charge in [0.25, 0.3) is 0 Å². The van der Waals surface area contributed by atoms with Gasteiger partial charge in [0, 0.05) is 30.4 Å². The monoisotopic (exact) mass is 322 g/mol. The lowest BCUT2D eigenvalue weighted by molar-refractivity contribution is 0.340. The molecule has 1 saturated heterocycles. The molecule has 1 unspecified atom stereocenters. The highest BCUT2D eigenvalue weighted by Gasteiger charge is 2.32. The number of benzene rings is 2. The van der Waals surface area contributed by atoms with Crippen LogP contribution in [0.25, 0.3) is 11.1 Å². The van der Waals surface area contributed by atoms with Crippen molar-refractivity contribution >= 4 is 5.69 Å². The van der Waals surface area contributed by atoms with Gasteiger partial charge in [-0.15, -0.1) is 0 Å². The van der Waals surface area contributed by atoms with Crippen molar-refractivity contribution in [1.82, 2.24) is 5.32 Å². The Morgan fingerprint density at radius 1 is 1.17 bits per heavy atom. The van der Waals surface area contributed by atoms with Gasteiger partial charge < -0.3 is 15.0 Å². The second-order valence-electron chi connectivity index (χ2n) is 6.81. The molecule has 2 aliphatic rings. The van der Waals surface area contributed by atoms with Gasteiger partial charge in [-0.1, -0.05) is 24.3 Å². The third-order valence-corrected chi connectivity index (χ3v) is 5.29. The second-order valence-corrected chi connectivity index (χ2v) is 6.81. The molecule has 3 heteroatoms. The maximum atomic E-state index is 5.65. The van der Waals surface area contributed by atoms with Crippen LogP contribution in [0.1, 0.15) is 24.5 Å². The third kappa shape index (κ3) is 2.67. The summed E-state index contributed by atoms with van der Waals surface area (Å²) in [6.07, 6.45) is 2.41. The van der Waals surface area contributed by atoms with Crippen LogP contribution in [0.15, 0.2) is 36.4 Å². The number of hydrogen-bond acceptors (Lipinski definition) is 3. The van der Waals surface area contributed by atoms with Crippen LogP contribution in [0.2, 0.25) is 0 Å². The number of nitrogens with zero attached hydrogens (tertiary/aromatic N) is 1. The van der Waals surface area contributed by atoms with E-state index in [2.05, 4.69) is 53.5 Å². The van der Waals surface area contributed by atoms with Crippen molar-refractivity contribution in [2.24, 2.45) is 0 Å². The lowest BCUT2D eigenvalue weighted by Gasteiger charge is -2.27. The topological polar surface area (TPSA) is 24.5 Å². The average molecular weight is 322 g/mol. The van der Waals surface area contributed by atoms with Crippen LogP contribution in [-0.4, -0.2) is 32.3 Å². The van der Waals surface area contributed by atoms with Gasteiger partial charge >= 0.3 is 0 Å². The lowest BCUT2D eigenvalue weighted by Crippen LogP contribution is -2.33. The molecular weight excluding hydrogens is 296 g/mol. The highest BCUT2D eigenvalue weighted by Crippen LogP contribution is 2.42. The summed E-state index contributed by atoms with van der Waals surface area (Å²) in [5, 5.41) is 3.54. The molecule has 0 spiro atoms. The number of para-hydroxylation sites is 1. The van der Waals surface area contributed by atoms with E-state index < -0.39 is 0 Å². The molecule has 0 amide bonds. The average Bonchev–Trinajstić information content (AvgIpc) is 2.77. The molecule has 2 heterocycles. The van der Waals surface area contributed by atoms with Crippen molar-refractivity contribution in [3.63, 3.8) is 0 Å². The first-order valence-corrected chi connectivity index (χ1v) is 9.11. The predicted molar refractivity (Wildman–Crippen MR) is 100 cm³/mol. The summed E-state index contributed by atoms with van der Waals surface area (Å²) in [4.78, 5) is 2.64. The van der Waals surface area contributed by atoms with Crippen molar-refractivity contribution in [2.45, 2.75) is 32.7 Å². The van der Waals surface area contributed by atoms with E-state index in [1.807, 2.05) is 6.92 Å². The van der Waals surface area contributed by atoms with E-state index in [1.54, 1.807) is 0 Å². The lowest BCUT2D eigenvalue weighted by atomic mass is 9.96. The van der Waals surface area contributed by atoms with Gasteiger partial charge in [0.05, 0.1) is 6.61 Å². The van der Waals surface area contributed by atoms with Gasteiger partial charge in [0.15, 0.2) is 0 Å². The van der Waals surface area contributed by atoms with Crippen molar-refractivity contribution in [3.05, 3.63) is 47.5 Å². The number of anilines is 1. The Morgan fingerprint density at radius 2 is 2.08 bits per heavy atom. The number of ether oxygens (including phenoxy) is 1. The Balaban J connectivity index is 1.77. The number of aryl methyl sites for hydroxylation is 1. The van der Waals surface area contributed by atoms with E-state index in [9.17, 15) is 0 Å². The van der Waals surface area contributed by atoms with Crippen LogP contribution < -0.4 is 15.0 Å². The van der Waals surface area contributed by atoms with Crippen LogP contribution in [0.3, 0.4) is 0 Å². The highest BCUT2D eigenvalue weighted by atomic mass is 16.5. The summed E-state index contributed by atoms with van der Waals surface area (Å²) in [5.74, 6) is 0.961. The van der Waals surface area contributed by atoms with E-state index in [0.29, 0.717) is 12.6 Å². The molecule has 3 nitrogen and oxygen atoms in total. The molecule has 0 saturated carbocycles. The van der Waals surface area contributed by atoms with Gasteiger partial charge in [-0.05, 0) is 62.1 Å². The molecule has 0 aromatic heterocycles. The van der Waals surface area contributed by atoms with E-state index in [1.165, 1.54) is 40.8 Å². The molecule has 4 rings (SSSR count). The largest absolute Gasteiger partial charge is 0.494 e. The molecule has 24 heavy (non-hydrogen) atoms. The van der Waals surface area contributed by atoms with Gasteiger partial charge in [-0.25, -0.2) is 0 Å². The Labute approximate surface area is 144 Å². The molecule has 2 aromatic rings. The van der Waals surface area contributed by atoms with E-state index >= 15 is 0 Å². The molecule has 0 radical (unpaired) electrons. The molecule has 2 aliphatic heterocycles. The first-order valence-electron chi connectivity index (χ1n) is 9.11. The Hall–Kier alpha value is -2.00. The normalized spacial score (nSPS) is 19.6. The fourth-order valence-corrected chi connectivity index (χ4v) is 4.20. The Kier molecular flexibility index (Phi) is 4.19. The van der Waals surface area contributed by atoms with Crippen molar-refractivity contribution in [2.75, 3.05) is 31.1 Å². The fourth-order valence-electron chi connectivity index (χ4n) is 4.20. The Bertz CT molecular complexity index is 741. The summed E-state index contributed by atoms with van der Waals surface area (Å²) >= 11 is 0. The fraction of sp³-hybridized carbons (Fsp3) is 0.429. The van der Waals surface area contributed by atoms with Gasteiger partial charge in [0.2, 0.25) is 0 Å². The maximum Gasteiger partial charge on any atom is 0.119 e.